The third-order valence-corrected chi connectivity index (χ3v) is 15.5. The van der Waals surface area contributed by atoms with Crippen LogP contribution in [0.4, 0.5) is 37.7 Å². The highest BCUT2D eigenvalue weighted by atomic mass is 32.2. The maximum absolute atomic E-state index is 14.1. The lowest BCUT2D eigenvalue weighted by Crippen LogP contribution is -2.36. The molecule has 1 heterocycles. The van der Waals surface area contributed by atoms with Gasteiger partial charge in [0.2, 0.25) is 0 Å². The van der Waals surface area contributed by atoms with Crippen LogP contribution in [-0.2, 0) is 26.0 Å². The molecule has 1 saturated heterocycles. The molecule has 360 valence electrons. The van der Waals surface area contributed by atoms with Crippen LogP contribution in [0.15, 0.2) is 136 Å². The highest BCUT2D eigenvalue weighted by Crippen LogP contribution is 2.39. The van der Waals surface area contributed by atoms with Crippen molar-refractivity contribution in [3.63, 3.8) is 0 Å². The Kier molecular flexibility index (Phi) is 16.7. The van der Waals surface area contributed by atoms with E-state index in [4.69, 9.17) is 0 Å². The van der Waals surface area contributed by atoms with Crippen LogP contribution in [0.1, 0.15) is 53.3 Å². The second kappa shape index (κ2) is 21.9. The fourth-order valence-corrected chi connectivity index (χ4v) is 10.8. The molecule has 1 unspecified atom stereocenters. The number of alkyl halides is 6. The van der Waals surface area contributed by atoms with E-state index < -0.39 is 70.6 Å². The fourth-order valence-electron chi connectivity index (χ4n) is 7.80. The number of likely N-dealkylation sites (N-methyl/N-ethyl adjacent to an activating group) is 1. The van der Waals surface area contributed by atoms with Crippen molar-refractivity contribution in [2.45, 2.75) is 64.2 Å². The van der Waals surface area contributed by atoms with E-state index in [1.54, 1.807) is 43.4 Å². The van der Waals surface area contributed by atoms with Gasteiger partial charge in [-0.15, -0.1) is 11.8 Å². The lowest BCUT2D eigenvalue weighted by molar-refractivity contribution is -0.137. The van der Waals surface area contributed by atoms with Crippen LogP contribution < -0.4 is 14.9 Å². The summed E-state index contributed by atoms with van der Waals surface area (Å²) in [6.45, 7) is 1.84. The van der Waals surface area contributed by atoms with Gasteiger partial charge in [-0.1, -0.05) is 54.6 Å². The highest BCUT2D eigenvalue weighted by molar-refractivity contribution is 7.99. The first-order valence-electron chi connectivity index (χ1n) is 21.2. The summed E-state index contributed by atoms with van der Waals surface area (Å²) < 4.78 is 137. The number of sulfonamides is 1. The average molecular weight is 993 g/mol. The number of aliphatic hydroxyl groups is 2. The van der Waals surface area contributed by atoms with Gasteiger partial charge in [-0.3, -0.25) is 4.79 Å². The quantitative estimate of drug-likeness (QED) is 0.0463. The molecule has 0 aromatic heterocycles. The van der Waals surface area contributed by atoms with Crippen LogP contribution in [0.2, 0.25) is 0 Å². The number of sulfone groups is 1. The Morgan fingerprint density at radius 1 is 0.836 bits per heavy atom. The monoisotopic (exact) mass is 992 g/mol. The van der Waals surface area contributed by atoms with Crippen LogP contribution in [0.25, 0.3) is 11.1 Å². The van der Waals surface area contributed by atoms with Gasteiger partial charge in [0.1, 0.15) is 4.90 Å². The average Bonchev–Trinajstić information content (AvgIpc) is 3.30. The van der Waals surface area contributed by atoms with E-state index in [2.05, 4.69) is 5.32 Å². The molecule has 11 nitrogen and oxygen atoms in total. The molecule has 1 fully saturated rings. The zero-order valence-corrected chi connectivity index (χ0v) is 38.6. The first kappa shape index (κ1) is 51.3. The summed E-state index contributed by atoms with van der Waals surface area (Å²) in [6, 6.07) is 28.5. The minimum atomic E-state index is -6.11. The summed E-state index contributed by atoms with van der Waals surface area (Å²) in [6.07, 6.45) is -3.40. The van der Waals surface area contributed by atoms with E-state index in [0.717, 1.165) is 29.2 Å². The summed E-state index contributed by atoms with van der Waals surface area (Å²) in [5.41, 5.74) is -4.73. The van der Waals surface area contributed by atoms with Crippen molar-refractivity contribution in [3.05, 3.63) is 138 Å². The molecule has 5 aromatic rings. The Morgan fingerprint density at radius 3 is 2.10 bits per heavy atom. The van der Waals surface area contributed by atoms with Crippen LogP contribution >= 0.6 is 11.8 Å². The van der Waals surface area contributed by atoms with E-state index in [0.29, 0.717) is 86.1 Å². The van der Waals surface area contributed by atoms with Crippen molar-refractivity contribution >= 4 is 48.9 Å². The number of anilines is 2. The smallest absolute Gasteiger partial charge is 0.395 e. The minimum Gasteiger partial charge on any atom is -0.395 e. The molecular formula is C47H50F6N4O7S3. The summed E-state index contributed by atoms with van der Waals surface area (Å²) in [5, 5.41) is 23.6. The third-order valence-electron chi connectivity index (χ3n) is 11.5. The predicted molar refractivity (Wildman–Crippen MR) is 246 cm³/mol. The number of amides is 1. The van der Waals surface area contributed by atoms with E-state index >= 15 is 0 Å². The molecule has 1 amide bonds. The molecule has 1 aliphatic heterocycles. The number of nitrogens with zero attached hydrogens (tertiary/aromatic N) is 2. The molecule has 4 N–H and O–H groups in total. The summed E-state index contributed by atoms with van der Waals surface area (Å²) in [7, 11) is -9.24. The maximum atomic E-state index is 14.1. The van der Waals surface area contributed by atoms with Crippen LogP contribution in [0, 0.1) is 5.92 Å². The van der Waals surface area contributed by atoms with E-state index in [1.165, 1.54) is 36.0 Å². The number of rotatable bonds is 19. The Bertz CT molecular complexity index is 2670. The van der Waals surface area contributed by atoms with Crippen LogP contribution in [0.3, 0.4) is 0 Å². The molecule has 20 heteroatoms. The molecule has 2 atom stereocenters. The zero-order chi connectivity index (χ0) is 48.6. The molecule has 1 aliphatic rings. The second-order valence-corrected chi connectivity index (χ2v) is 20.8. The van der Waals surface area contributed by atoms with Crippen molar-refractivity contribution in [2.24, 2.45) is 5.92 Å². The van der Waals surface area contributed by atoms with Crippen molar-refractivity contribution < 1.29 is 58.2 Å². The number of aliphatic hydroxyl groups excluding tert-OH is 2. The predicted octanol–water partition coefficient (Wildman–Crippen LogP) is 9.01. The van der Waals surface area contributed by atoms with E-state index in [9.17, 15) is 58.2 Å². The van der Waals surface area contributed by atoms with Crippen LogP contribution in [-0.4, -0.2) is 95.0 Å². The Labute approximate surface area is 390 Å². The molecule has 0 bridgehead atoms. The molecule has 0 radical (unpaired) electrons. The minimum absolute atomic E-state index is 0.0718. The summed E-state index contributed by atoms with van der Waals surface area (Å²) in [5.74, 6) is -0.998. The number of benzene rings is 5. The second-order valence-electron chi connectivity index (χ2n) is 16.2. The molecular weight excluding hydrogens is 943 g/mol. The van der Waals surface area contributed by atoms with Gasteiger partial charge in [-0.2, -0.15) is 26.3 Å². The lowest BCUT2D eigenvalue weighted by atomic mass is 9.84. The maximum Gasteiger partial charge on any atom is 0.501 e. The molecule has 5 aromatic carbocycles. The van der Waals surface area contributed by atoms with Crippen molar-refractivity contribution in [1.82, 2.24) is 9.62 Å². The third kappa shape index (κ3) is 13.1. The van der Waals surface area contributed by atoms with Crippen molar-refractivity contribution in [2.75, 3.05) is 55.8 Å². The van der Waals surface area contributed by atoms with E-state index in [-0.39, 0.29) is 18.1 Å². The van der Waals surface area contributed by atoms with Gasteiger partial charge >= 0.3 is 11.7 Å². The SMILES string of the molecule is CN(CCO)CCC[C@H](CSc1ccccc1)Nc1ccc(S(=O)(=O)NC(=O)c2ccc(N3CCC(C(O)c4ccccc4-c4ccc(C(F)(F)F)cc4)CC3)cc2)cc1S(=O)(=O)C(F)(F)F. The molecule has 0 aliphatic carbocycles. The number of thioether (sulfide) groups is 1. The van der Waals surface area contributed by atoms with Crippen molar-refractivity contribution in [1.29, 1.82) is 0 Å². The number of piperidine rings is 1. The zero-order valence-electron chi connectivity index (χ0n) is 36.2. The van der Waals surface area contributed by atoms with Gasteiger partial charge < -0.3 is 25.3 Å². The number of hydrogen-bond donors (Lipinski definition) is 4. The molecule has 67 heavy (non-hydrogen) atoms. The Morgan fingerprint density at radius 2 is 1.48 bits per heavy atom. The fraction of sp³-hybridized carbons (Fsp3) is 0.340. The topological polar surface area (TPSA) is 156 Å². The Balaban J connectivity index is 1.13. The Hall–Kier alpha value is -5.12. The van der Waals surface area contributed by atoms with Gasteiger partial charge in [0.25, 0.3) is 25.8 Å². The normalized spacial score (nSPS) is 15.0. The summed E-state index contributed by atoms with van der Waals surface area (Å²) >= 11 is 1.39. The van der Waals surface area contributed by atoms with Gasteiger partial charge in [0.15, 0.2) is 0 Å². The highest BCUT2D eigenvalue weighted by Gasteiger charge is 2.48. The van der Waals surface area contributed by atoms with Gasteiger partial charge in [-0.05, 0) is 129 Å². The number of halogens is 6. The van der Waals surface area contributed by atoms with Gasteiger partial charge in [0.05, 0.1) is 28.9 Å². The largest absolute Gasteiger partial charge is 0.501 e. The standard InChI is InChI=1S/C47H50F6N4O7S3/c1-56(28-29-58)25-7-8-36(31-65-38-9-3-2-4-10-38)54-42-22-21-39(30-43(42)66(61,62)47(51,52)53)67(63,64)55-45(60)34-15-19-37(20-16-34)57-26-23-33(24-27-57)44(59)41-12-6-5-11-40(41)32-13-17-35(18-14-32)46(48,49)50/h2-6,9-22,30,33,36,44,54,58-59H,7-8,23-29,31H2,1H3,(H,55,60)/t36-,44?/m1/s1. The van der Waals surface area contributed by atoms with Gasteiger partial charge in [0, 0.05) is 47.6 Å². The van der Waals surface area contributed by atoms with Crippen LogP contribution in [0.5, 0.6) is 0 Å². The lowest BCUT2D eigenvalue weighted by Gasteiger charge is -2.36. The first-order valence-corrected chi connectivity index (χ1v) is 25.2. The number of carbonyl (C=O) groups is 1. The first-order chi connectivity index (χ1) is 31.7. The molecule has 6 rings (SSSR count). The molecule has 0 saturated carbocycles. The summed E-state index contributed by atoms with van der Waals surface area (Å²) in [4.78, 5) is 15.8. The number of nitrogens with one attached hydrogen (secondary N) is 2. The van der Waals surface area contributed by atoms with Crippen molar-refractivity contribution in [3.8, 4) is 11.1 Å². The van der Waals surface area contributed by atoms with E-state index in [1.807, 2.05) is 44.9 Å². The van der Waals surface area contributed by atoms with Gasteiger partial charge in [-0.25, -0.2) is 21.6 Å². The number of carbonyl (C=O) groups excluding carboxylic acids is 1. The molecule has 0 spiro atoms. The number of hydrogen-bond acceptors (Lipinski definition) is 11.